The summed E-state index contributed by atoms with van der Waals surface area (Å²) in [6.45, 7) is 1.17. The van der Waals surface area contributed by atoms with Gasteiger partial charge in [0.2, 0.25) is 0 Å². The maximum atomic E-state index is 3.40. The first-order valence-electron chi connectivity index (χ1n) is 4.27. The second-order valence-corrected chi connectivity index (χ2v) is 3.95. The molecule has 0 aromatic heterocycles. The van der Waals surface area contributed by atoms with Crippen LogP contribution in [0.15, 0.2) is 29.2 Å². The van der Waals surface area contributed by atoms with Crippen LogP contribution in [0.4, 0.5) is 0 Å². The van der Waals surface area contributed by atoms with Crippen LogP contribution in [0, 0.1) is 0 Å². The highest BCUT2D eigenvalue weighted by Crippen LogP contribution is 2.25. The van der Waals surface area contributed by atoms with E-state index < -0.39 is 0 Å². The summed E-state index contributed by atoms with van der Waals surface area (Å²) >= 11 is 1.81. The normalized spacial score (nSPS) is 21.9. The molecular weight excluding hydrogens is 166 g/mol. The molecule has 1 N–H and O–H groups in total. The minimum Gasteiger partial charge on any atom is -0.310 e. The minimum absolute atomic E-state index is 0.622. The number of benzene rings is 1. The first kappa shape index (κ1) is 8.14. The van der Waals surface area contributed by atoms with Crippen LogP contribution in [0.3, 0.4) is 0 Å². The lowest BCUT2D eigenvalue weighted by molar-refractivity contribution is 0.383. The van der Waals surface area contributed by atoms with E-state index in [9.17, 15) is 0 Å². The highest BCUT2D eigenvalue weighted by Gasteiger charge is 2.17. The molecular formula is C10H13NS. The number of thioether (sulfide) groups is 1. The highest BCUT2D eigenvalue weighted by atomic mass is 32.2. The Morgan fingerprint density at radius 1 is 1.50 bits per heavy atom. The van der Waals surface area contributed by atoms with Crippen LogP contribution in [0.25, 0.3) is 0 Å². The lowest BCUT2D eigenvalue weighted by Crippen LogP contribution is -2.34. The Kier molecular flexibility index (Phi) is 2.38. The summed E-state index contributed by atoms with van der Waals surface area (Å²) in [4.78, 5) is 1.36. The molecule has 0 spiro atoms. The summed E-state index contributed by atoms with van der Waals surface area (Å²) in [5, 5.41) is 3.40. The molecule has 64 valence electrons. The van der Waals surface area contributed by atoms with Gasteiger partial charge in [0.1, 0.15) is 0 Å². The average molecular weight is 179 g/mol. The summed E-state index contributed by atoms with van der Waals surface area (Å²) in [6, 6.07) is 9.41. The van der Waals surface area contributed by atoms with Gasteiger partial charge in [0, 0.05) is 10.9 Å². The third-order valence-electron chi connectivity index (χ3n) is 2.32. The molecule has 2 rings (SSSR count). The second kappa shape index (κ2) is 3.50. The fourth-order valence-corrected chi connectivity index (χ4v) is 1.90. The van der Waals surface area contributed by atoms with Crippen molar-refractivity contribution < 1.29 is 0 Å². The fourth-order valence-electron chi connectivity index (χ4n) is 1.43. The summed E-state index contributed by atoms with van der Waals surface area (Å²) in [7, 11) is 0. The van der Waals surface area contributed by atoms with Gasteiger partial charge in [-0.2, -0.15) is 0 Å². The molecule has 0 amide bonds. The van der Waals surface area contributed by atoms with Gasteiger partial charge in [0.25, 0.3) is 0 Å². The van der Waals surface area contributed by atoms with Gasteiger partial charge < -0.3 is 5.32 Å². The maximum absolute atomic E-state index is 3.40. The first-order chi connectivity index (χ1) is 5.90. The molecule has 1 heterocycles. The molecule has 0 bridgehead atoms. The van der Waals surface area contributed by atoms with Crippen molar-refractivity contribution in [3.05, 3.63) is 29.8 Å². The van der Waals surface area contributed by atoms with Crippen molar-refractivity contribution >= 4 is 11.8 Å². The first-order valence-corrected chi connectivity index (χ1v) is 5.50. The van der Waals surface area contributed by atoms with Crippen LogP contribution in [0.5, 0.6) is 0 Å². The Morgan fingerprint density at radius 3 is 2.92 bits per heavy atom. The van der Waals surface area contributed by atoms with E-state index in [2.05, 4.69) is 35.8 Å². The predicted octanol–water partition coefficient (Wildman–Crippen LogP) is 2.44. The smallest absolute Gasteiger partial charge is 0.0332 e. The zero-order valence-electron chi connectivity index (χ0n) is 7.21. The van der Waals surface area contributed by atoms with Crippen LogP contribution in [0.1, 0.15) is 18.0 Å². The molecule has 0 saturated carbocycles. The van der Waals surface area contributed by atoms with Crippen LogP contribution < -0.4 is 5.32 Å². The molecule has 1 fully saturated rings. The van der Waals surface area contributed by atoms with Crippen molar-refractivity contribution in [1.82, 2.24) is 5.32 Å². The molecule has 1 aromatic rings. The Hall–Kier alpha value is -0.470. The third kappa shape index (κ3) is 1.50. The van der Waals surface area contributed by atoms with Crippen molar-refractivity contribution in [2.75, 3.05) is 12.8 Å². The van der Waals surface area contributed by atoms with Gasteiger partial charge in [-0.1, -0.05) is 12.1 Å². The third-order valence-corrected chi connectivity index (χ3v) is 3.05. The van der Waals surface area contributed by atoms with Gasteiger partial charge in [-0.05, 0) is 36.9 Å². The van der Waals surface area contributed by atoms with Crippen LogP contribution in [-0.2, 0) is 0 Å². The minimum atomic E-state index is 0.622. The number of rotatable bonds is 2. The topological polar surface area (TPSA) is 12.0 Å². The quantitative estimate of drug-likeness (QED) is 0.700. The van der Waals surface area contributed by atoms with Crippen molar-refractivity contribution in [3.8, 4) is 0 Å². The van der Waals surface area contributed by atoms with Gasteiger partial charge in [0.05, 0.1) is 0 Å². The molecule has 0 unspecified atom stereocenters. The van der Waals surface area contributed by atoms with Gasteiger partial charge in [0.15, 0.2) is 0 Å². The molecule has 1 aromatic carbocycles. The van der Waals surface area contributed by atoms with E-state index >= 15 is 0 Å². The molecule has 1 aliphatic rings. The Bertz CT molecular complexity index is 268. The Labute approximate surface area is 77.6 Å². The molecule has 0 radical (unpaired) electrons. The Balaban J connectivity index is 2.19. The van der Waals surface area contributed by atoms with Gasteiger partial charge in [-0.15, -0.1) is 11.8 Å². The van der Waals surface area contributed by atoms with Crippen LogP contribution in [0.2, 0.25) is 0 Å². The lowest BCUT2D eigenvalue weighted by atomic mass is 9.98. The van der Waals surface area contributed by atoms with Crippen molar-refractivity contribution in [2.24, 2.45) is 0 Å². The van der Waals surface area contributed by atoms with Crippen LogP contribution >= 0.6 is 11.8 Å². The summed E-state index contributed by atoms with van der Waals surface area (Å²) in [5.41, 5.74) is 1.44. The molecule has 1 nitrogen and oxygen atoms in total. The number of hydrogen-bond donors (Lipinski definition) is 1. The van der Waals surface area contributed by atoms with E-state index in [0.717, 1.165) is 0 Å². The molecule has 2 heteroatoms. The summed E-state index contributed by atoms with van der Waals surface area (Å²) < 4.78 is 0. The van der Waals surface area contributed by atoms with E-state index in [4.69, 9.17) is 0 Å². The van der Waals surface area contributed by atoms with Crippen molar-refractivity contribution in [3.63, 3.8) is 0 Å². The zero-order chi connectivity index (χ0) is 8.39. The monoisotopic (exact) mass is 179 g/mol. The van der Waals surface area contributed by atoms with E-state index in [0.29, 0.717) is 6.04 Å². The highest BCUT2D eigenvalue weighted by molar-refractivity contribution is 7.98. The lowest BCUT2D eigenvalue weighted by Gasteiger charge is -2.28. The predicted molar refractivity (Wildman–Crippen MR) is 53.6 cm³/mol. The van der Waals surface area contributed by atoms with E-state index in [1.54, 1.807) is 0 Å². The van der Waals surface area contributed by atoms with E-state index in [1.165, 1.54) is 23.4 Å². The van der Waals surface area contributed by atoms with Crippen molar-refractivity contribution in [2.45, 2.75) is 17.4 Å². The molecule has 1 saturated heterocycles. The van der Waals surface area contributed by atoms with Gasteiger partial charge in [-0.25, -0.2) is 0 Å². The number of hydrogen-bond acceptors (Lipinski definition) is 2. The average Bonchev–Trinajstić information content (AvgIpc) is 2.02. The van der Waals surface area contributed by atoms with Gasteiger partial charge in [-0.3, -0.25) is 0 Å². The molecule has 1 aliphatic heterocycles. The van der Waals surface area contributed by atoms with E-state index in [-0.39, 0.29) is 0 Å². The SMILES string of the molecule is CSc1cccc([C@H]2CCN2)c1. The summed E-state index contributed by atoms with van der Waals surface area (Å²) in [5.74, 6) is 0. The maximum Gasteiger partial charge on any atom is 0.0332 e. The number of nitrogens with one attached hydrogen (secondary N) is 1. The zero-order valence-corrected chi connectivity index (χ0v) is 8.03. The molecule has 0 aliphatic carbocycles. The molecule has 12 heavy (non-hydrogen) atoms. The van der Waals surface area contributed by atoms with Crippen LogP contribution in [-0.4, -0.2) is 12.8 Å². The van der Waals surface area contributed by atoms with Gasteiger partial charge >= 0.3 is 0 Å². The fraction of sp³-hybridized carbons (Fsp3) is 0.400. The Morgan fingerprint density at radius 2 is 2.33 bits per heavy atom. The molecule has 1 atom stereocenters. The second-order valence-electron chi connectivity index (χ2n) is 3.07. The largest absolute Gasteiger partial charge is 0.310 e. The van der Waals surface area contributed by atoms with E-state index in [1.807, 2.05) is 11.8 Å². The summed E-state index contributed by atoms with van der Waals surface area (Å²) in [6.07, 6.45) is 3.41. The van der Waals surface area contributed by atoms with Crippen molar-refractivity contribution in [1.29, 1.82) is 0 Å². The standard InChI is InChI=1S/C10H13NS/c1-12-9-4-2-3-8(7-9)10-5-6-11-10/h2-4,7,10-11H,5-6H2,1H3/t10-/m1/s1.